The standard InChI is InChI=1S/C13H16N4O2S/c1-14-12(20)11(18)16-9-6-5-8-4-3-7-15-10(8)17(2)13(9)19/h3-4,7,9H,5-6H2,1-2H3,(H,14,20)(H,16,18)/t9-/m0/s1. The Morgan fingerprint density at radius 3 is 3.00 bits per heavy atom. The van der Waals surface area contributed by atoms with Crippen LogP contribution in [0.15, 0.2) is 18.3 Å². The molecule has 0 saturated heterocycles. The summed E-state index contributed by atoms with van der Waals surface area (Å²) in [5.74, 6) is 0.0216. The zero-order valence-electron chi connectivity index (χ0n) is 11.3. The van der Waals surface area contributed by atoms with Gasteiger partial charge < -0.3 is 10.6 Å². The SMILES string of the molecule is CNC(=S)C(=O)N[C@H]1CCc2cccnc2N(C)C1=O. The van der Waals surface area contributed by atoms with Gasteiger partial charge in [-0.2, -0.15) is 0 Å². The molecule has 0 saturated carbocycles. The summed E-state index contributed by atoms with van der Waals surface area (Å²) < 4.78 is 0. The number of carbonyl (C=O) groups is 2. The Bertz CT molecular complexity index is 561. The van der Waals surface area contributed by atoms with Gasteiger partial charge in [-0.3, -0.25) is 14.5 Å². The fraction of sp³-hybridized carbons (Fsp3) is 0.385. The minimum absolute atomic E-state index is 0.0698. The molecule has 0 aliphatic carbocycles. The molecule has 0 unspecified atom stereocenters. The molecule has 0 radical (unpaired) electrons. The highest BCUT2D eigenvalue weighted by Gasteiger charge is 2.30. The van der Waals surface area contributed by atoms with Gasteiger partial charge in [-0.15, -0.1) is 0 Å². The van der Waals surface area contributed by atoms with Crippen molar-refractivity contribution in [2.75, 3.05) is 19.0 Å². The molecule has 1 aromatic heterocycles. The third-order valence-corrected chi connectivity index (χ3v) is 3.64. The third-order valence-electron chi connectivity index (χ3n) is 3.25. The maximum Gasteiger partial charge on any atom is 0.279 e. The second-order valence-corrected chi connectivity index (χ2v) is 4.94. The van der Waals surface area contributed by atoms with E-state index in [0.29, 0.717) is 18.7 Å². The highest BCUT2D eigenvalue weighted by molar-refractivity contribution is 7.82. The Morgan fingerprint density at radius 1 is 1.55 bits per heavy atom. The van der Waals surface area contributed by atoms with Crippen molar-refractivity contribution >= 4 is 34.8 Å². The van der Waals surface area contributed by atoms with Crippen LogP contribution < -0.4 is 15.5 Å². The van der Waals surface area contributed by atoms with E-state index in [9.17, 15) is 9.59 Å². The number of thiocarbonyl (C=S) groups is 1. The number of amides is 2. The second-order valence-electron chi connectivity index (χ2n) is 4.53. The number of hydrogen-bond donors (Lipinski definition) is 2. The number of anilines is 1. The highest BCUT2D eigenvalue weighted by atomic mass is 32.1. The van der Waals surface area contributed by atoms with E-state index < -0.39 is 11.9 Å². The minimum atomic E-state index is -0.590. The zero-order chi connectivity index (χ0) is 14.7. The minimum Gasteiger partial charge on any atom is -0.375 e. The zero-order valence-corrected chi connectivity index (χ0v) is 12.2. The molecule has 106 valence electrons. The maximum atomic E-state index is 12.4. The molecule has 0 spiro atoms. The van der Waals surface area contributed by atoms with Crippen LogP contribution in [0, 0.1) is 0 Å². The number of aryl methyl sites for hydroxylation is 1. The van der Waals surface area contributed by atoms with Gasteiger partial charge in [-0.25, -0.2) is 4.98 Å². The molecular weight excluding hydrogens is 276 g/mol. The normalized spacial score (nSPS) is 18.0. The van der Waals surface area contributed by atoms with Crippen molar-refractivity contribution in [1.82, 2.24) is 15.6 Å². The van der Waals surface area contributed by atoms with Crippen molar-refractivity contribution in [3.05, 3.63) is 23.9 Å². The molecule has 2 heterocycles. The molecule has 2 amide bonds. The van der Waals surface area contributed by atoms with Gasteiger partial charge in [0.05, 0.1) is 0 Å². The van der Waals surface area contributed by atoms with E-state index in [1.165, 1.54) is 4.90 Å². The van der Waals surface area contributed by atoms with Gasteiger partial charge in [-0.05, 0) is 24.5 Å². The number of rotatable bonds is 1. The lowest BCUT2D eigenvalue weighted by Gasteiger charge is -2.21. The third kappa shape index (κ3) is 2.77. The summed E-state index contributed by atoms with van der Waals surface area (Å²) in [6, 6.07) is 3.19. The Balaban J connectivity index is 2.18. The summed E-state index contributed by atoms with van der Waals surface area (Å²) in [6.07, 6.45) is 2.86. The van der Waals surface area contributed by atoms with Gasteiger partial charge in [0.1, 0.15) is 11.9 Å². The Kier molecular flexibility index (Phi) is 4.29. The van der Waals surface area contributed by atoms with Gasteiger partial charge >= 0.3 is 0 Å². The van der Waals surface area contributed by atoms with E-state index in [2.05, 4.69) is 15.6 Å². The van der Waals surface area contributed by atoms with E-state index >= 15 is 0 Å². The number of pyridine rings is 1. The molecular formula is C13H16N4O2S. The lowest BCUT2D eigenvalue weighted by atomic mass is 10.1. The first-order chi connectivity index (χ1) is 9.54. The predicted octanol–water partition coefficient (Wildman–Crippen LogP) is 0.0222. The highest BCUT2D eigenvalue weighted by Crippen LogP contribution is 2.23. The molecule has 0 aromatic carbocycles. The van der Waals surface area contributed by atoms with Crippen LogP contribution in [-0.4, -0.2) is 41.9 Å². The number of carbonyl (C=O) groups excluding carboxylic acids is 2. The molecule has 1 aliphatic heterocycles. The van der Waals surface area contributed by atoms with Crippen molar-refractivity contribution in [2.45, 2.75) is 18.9 Å². The molecule has 7 heteroatoms. The molecule has 6 nitrogen and oxygen atoms in total. The average Bonchev–Trinajstić information content (AvgIpc) is 2.59. The fourth-order valence-corrected chi connectivity index (χ4v) is 2.22. The first-order valence-electron chi connectivity index (χ1n) is 6.28. The molecule has 2 N–H and O–H groups in total. The number of nitrogens with zero attached hydrogens (tertiary/aromatic N) is 2. The van der Waals surface area contributed by atoms with Crippen LogP contribution in [0.4, 0.5) is 5.82 Å². The van der Waals surface area contributed by atoms with Crippen molar-refractivity contribution in [1.29, 1.82) is 0 Å². The quantitative estimate of drug-likeness (QED) is 0.714. The van der Waals surface area contributed by atoms with E-state index in [1.54, 1.807) is 20.3 Å². The Labute approximate surface area is 122 Å². The van der Waals surface area contributed by atoms with E-state index in [1.807, 2.05) is 12.1 Å². The van der Waals surface area contributed by atoms with Gasteiger partial charge in [0.15, 0.2) is 4.99 Å². The molecule has 1 aromatic rings. The molecule has 0 fully saturated rings. The average molecular weight is 292 g/mol. The van der Waals surface area contributed by atoms with Crippen LogP contribution in [0.3, 0.4) is 0 Å². The van der Waals surface area contributed by atoms with E-state index in [4.69, 9.17) is 12.2 Å². The Morgan fingerprint density at radius 2 is 2.30 bits per heavy atom. The van der Waals surface area contributed by atoms with Crippen LogP contribution in [0.25, 0.3) is 0 Å². The molecule has 2 rings (SSSR count). The largest absolute Gasteiger partial charge is 0.375 e. The topological polar surface area (TPSA) is 74.3 Å². The monoisotopic (exact) mass is 292 g/mol. The summed E-state index contributed by atoms with van der Waals surface area (Å²) in [5.41, 5.74) is 0.997. The van der Waals surface area contributed by atoms with Crippen molar-refractivity contribution in [3.63, 3.8) is 0 Å². The molecule has 1 aliphatic rings. The number of nitrogens with one attached hydrogen (secondary N) is 2. The van der Waals surface area contributed by atoms with Crippen molar-refractivity contribution in [3.8, 4) is 0 Å². The van der Waals surface area contributed by atoms with Crippen LogP contribution in [-0.2, 0) is 16.0 Å². The number of aromatic nitrogens is 1. The summed E-state index contributed by atoms with van der Waals surface area (Å²) in [4.78, 5) is 29.9. The lowest BCUT2D eigenvalue weighted by molar-refractivity contribution is -0.124. The second kappa shape index (κ2) is 5.96. The van der Waals surface area contributed by atoms with Crippen molar-refractivity contribution < 1.29 is 9.59 Å². The molecule has 20 heavy (non-hydrogen) atoms. The Hall–Kier alpha value is -2.02. The number of hydrogen-bond acceptors (Lipinski definition) is 4. The van der Waals surface area contributed by atoms with Gasteiger partial charge in [-0.1, -0.05) is 18.3 Å². The summed E-state index contributed by atoms with van der Waals surface area (Å²) in [5, 5.41) is 5.26. The maximum absolute atomic E-state index is 12.4. The van der Waals surface area contributed by atoms with Crippen LogP contribution in [0.5, 0.6) is 0 Å². The van der Waals surface area contributed by atoms with Gasteiger partial charge in [0.2, 0.25) is 5.91 Å². The van der Waals surface area contributed by atoms with Crippen LogP contribution >= 0.6 is 12.2 Å². The summed E-state index contributed by atoms with van der Waals surface area (Å²) in [6.45, 7) is 0. The lowest BCUT2D eigenvalue weighted by Crippen LogP contribution is -2.50. The first kappa shape index (κ1) is 14.4. The van der Waals surface area contributed by atoms with E-state index in [-0.39, 0.29) is 10.9 Å². The number of fused-ring (bicyclic) bond motifs is 1. The fourth-order valence-electron chi connectivity index (χ4n) is 2.16. The summed E-state index contributed by atoms with van der Waals surface area (Å²) in [7, 11) is 3.23. The van der Waals surface area contributed by atoms with Gasteiger partial charge in [0.25, 0.3) is 5.91 Å². The van der Waals surface area contributed by atoms with Crippen LogP contribution in [0.2, 0.25) is 0 Å². The van der Waals surface area contributed by atoms with Crippen molar-refractivity contribution in [2.24, 2.45) is 0 Å². The van der Waals surface area contributed by atoms with Gasteiger partial charge in [0, 0.05) is 20.3 Å². The summed E-state index contributed by atoms with van der Waals surface area (Å²) >= 11 is 4.86. The molecule has 0 bridgehead atoms. The first-order valence-corrected chi connectivity index (χ1v) is 6.69. The predicted molar refractivity (Wildman–Crippen MR) is 79.6 cm³/mol. The molecule has 1 atom stereocenters. The van der Waals surface area contributed by atoms with Crippen LogP contribution in [0.1, 0.15) is 12.0 Å². The number of likely N-dealkylation sites (N-methyl/N-ethyl adjacent to an activating group) is 2. The van der Waals surface area contributed by atoms with E-state index in [0.717, 1.165) is 5.56 Å². The smallest absolute Gasteiger partial charge is 0.279 e.